The van der Waals surface area contributed by atoms with Crippen LogP contribution in [0.25, 0.3) is 33.0 Å². The van der Waals surface area contributed by atoms with Crippen LogP contribution in [0, 0.1) is 23.7 Å². The van der Waals surface area contributed by atoms with Crippen LogP contribution in [0.15, 0.2) is 97.6 Å². The number of anilines is 1. The molecule has 11 amide bonds. The van der Waals surface area contributed by atoms with Crippen molar-refractivity contribution in [3.05, 3.63) is 142 Å². The summed E-state index contributed by atoms with van der Waals surface area (Å²) >= 11 is -1.91. The van der Waals surface area contributed by atoms with Crippen molar-refractivity contribution in [3.63, 3.8) is 0 Å². The van der Waals surface area contributed by atoms with Crippen molar-refractivity contribution in [2.45, 2.75) is 142 Å². The van der Waals surface area contributed by atoms with E-state index in [0.717, 1.165) is 18.4 Å². The average Bonchev–Trinajstić information content (AvgIpc) is 1.65. The van der Waals surface area contributed by atoms with Crippen molar-refractivity contribution < 1.29 is 82.1 Å². The van der Waals surface area contributed by atoms with Crippen molar-refractivity contribution in [2.75, 3.05) is 64.3 Å². The first-order chi connectivity index (χ1) is 48.7. The Morgan fingerprint density at radius 1 is 0.578 bits per heavy atom. The fourth-order valence-electron chi connectivity index (χ4n) is 10.7. The Bertz CT molecular complexity index is 3500. The molecule has 0 saturated heterocycles. The summed E-state index contributed by atoms with van der Waals surface area (Å²) in [6.45, 7) is 12.5. The number of nitrogens with zero attached hydrogens (tertiary/aromatic N) is 3. The van der Waals surface area contributed by atoms with E-state index in [-0.39, 0.29) is 70.4 Å². The Hall–Kier alpha value is -9.37. The van der Waals surface area contributed by atoms with Crippen molar-refractivity contribution in [3.8, 4) is 0 Å². The number of para-hydroxylation sites is 1. The molecule has 6 atom stereocenters. The normalized spacial score (nSPS) is 12.9. The van der Waals surface area contributed by atoms with E-state index in [9.17, 15) is 52.7 Å². The number of carbonyl (C=O) groups is 11. The van der Waals surface area contributed by atoms with Gasteiger partial charge in [0.25, 0.3) is 0 Å². The fourth-order valence-corrected chi connectivity index (χ4v) is 10.7. The second-order valence-electron chi connectivity index (χ2n) is 25.5. The summed E-state index contributed by atoms with van der Waals surface area (Å²) in [7, 11) is 0. The molecule has 3 aromatic carbocycles. The zero-order valence-electron chi connectivity index (χ0n) is 58.6. The molecule has 0 spiro atoms. The maximum atomic E-state index is 14.6. The van der Waals surface area contributed by atoms with Crippen LogP contribution in [0.2, 0.25) is 0 Å². The number of ether oxygens (including phenoxy) is 1. The van der Waals surface area contributed by atoms with Crippen molar-refractivity contribution >= 4 is 81.6 Å². The third-order valence-corrected chi connectivity index (χ3v) is 15.7. The molecule has 0 aliphatic carbocycles. The molecule has 0 unspecified atom stereocenters. The van der Waals surface area contributed by atoms with Gasteiger partial charge >= 0.3 is 24.6 Å². The number of primary amides is 1. The van der Waals surface area contributed by atoms with Gasteiger partial charge in [-0.05, 0) is 78.8 Å². The van der Waals surface area contributed by atoms with Gasteiger partial charge in [0.15, 0.2) is 0 Å². The van der Waals surface area contributed by atoms with Gasteiger partial charge in [-0.1, -0.05) is 102 Å². The van der Waals surface area contributed by atoms with E-state index >= 15 is 0 Å². The summed E-state index contributed by atoms with van der Waals surface area (Å²) in [5.74, 6) is -8.26. The molecule has 0 radical (unpaired) electrons. The molecular formula is C69H98N18O14Tc-4. The minimum absolute atomic E-state index is 0.0889. The summed E-state index contributed by atoms with van der Waals surface area (Å²) in [5, 5.41) is 36.3. The number of rotatable bonds is 45. The molecule has 0 fully saturated rings. The van der Waals surface area contributed by atoms with E-state index in [1.54, 1.807) is 99.0 Å². The molecule has 32 nitrogen and oxygen atoms in total. The molecule has 33 heteroatoms. The first kappa shape index (κ1) is 85.0. The van der Waals surface area contributed by atoms with Gasteiger partial charge in [0.1, 0.15) is 49.5 Å². The number of carbonyl (C=O) groups excluding carboxylic acids is 11. The van der Waals surface area contributed by atoms with E-state index in [2.05, 4.69) is 106 Å². The standard InChI is InChI=1S/C69H98N18O12.2O.Tc/c1-41(2)27-50(28-42(3)4)82-67(96)57(31-51-36-75-40-79-51)83-59(89)37-78-69(98)62(43(5)6)87-63(92)44(7)80-66(95)56(30-47-35-76-53-16-12-11-15-52(47)53)86-65(94)54(21-22-58(72)88)85-68(97)55(29-45-13-9-8-10-14-45)84-61(91)39-99-38-60(90)81-49-19-17-46(18-20-49)32-77-64(93)48(33-73-25-23-70)34-74-26-24-71;;;/h8-20,35-36,40-44,48,50,54-57,62,70-71,76H,21-34,37-39H2,1-7H3,(H2,72,88)(H,75,79)(H,77,93)(H,78,98)(H,80,95)(H,81,90)(H,82,96)(H,83,89)(H,84,91)(H,85,97)(H,86,94)(H,87,92);;;/q-4;;;/t44-,54-,55+,56-,57-,62-;;;/m0.../s1. The van der Waals surface area contributed by atoms with Crippen LogP contribution in [0.1, 0.15) is 96.5 Å². The molecule has 0 aliphatic rings. The van der Waals surface area contributed by atoms with Gasteiger partial charge in [0.05, 0.1) is 12.9 Å². The average molecular weight is 1500 g/mol. The van der Waals surface area contributed by atoms with Crippen LogP contribution in [0.3, 0.4) is 0 Å². The van der Waals surface area contributed by atoms with E-state index < -0.39 is 151 Å². The summed E-state index contributed by atoms with van der Waals surface area (Å²) in [6.07, 6.45) is 5.17. The molecule has 5 aromatic rings. The van der Waals surface area contributed by atoms with Gasteiger partial charge in [0.2, 0.25) is 65.0 Å². The quantitative estimate of drug-likeness (QED) is 0.0249. The van der Waals surface area contributed by atoms with Gasteiger partial charge in [0, 0.05) is 78.9 Å². The second kappa shape index (κ2) is 46.2. The first-order valence-electron chi connectivity index (χ1n) is 33.7. The molecule has 102 heavy (non-hydrogen) atoms. The Balaban J connectivity index is 0.00000721. The van der Waals surface area contributed by atoms with Gasteiger partial charge in [-0.15, -0.1) is 13.1 Å². The van der Waals surface area contributed by atoms with Gasteiger partial charge in [-0.2, -0.15) is 26.2 Å². The number of imidazole rings is 1. The molecule has 2 heterocycles. The van der Waals surface area contributed by atoms with Gasteiger partial charge in [-0.25, -0.2) is 4.98 Å². The topological polar surface area (TPSA) is 498 Å². The summed E-state index contributed by atoms with van der Waals surface area (Å²) in [6, 6.07) is 14.3. The number of hydrogen-bond acceptors (Lipinski definition) is 15. The molecule has 0 saturated carbocycles. The SMILES string of the molecule is CC(C)CC(CC(C)C)NC(=O)[C@H](Cc1cnc[nH]1)NC(=O)CNC(=O)[C@@H](NC(=O)[C@H](C)NC(=O)[C@H](Cc1c[nH]c2ccccc12)NC(=O)[C@H](CCC(N)=O)NC(=O)[C@@H](Cc1ccccc1)NC(=O)COCC(=O)Nc1ccc(CNC(=O)C(C[N-]CC[NH-])C[N-]CC[NH-])cc1)C(C)C.[O]=[Tc]=[O]. The Labute approximate surface area is 601 Å². The van der Waals surface area contributed by atoms with Gasteiger partial charge in [-0.3, -0.25) is 52.7 Å². The van der Waals surface area contributed by atoms with Crippen molar-refractivity contribution in [1.82, 2.24) is 62.8 Å². The van der Waals surface area contributed by atoms with Crippen LogP contribution in [-0.4, -0.2) is 181 Å². The van der Waals surface area contributed by atoms with E-state index in [1.165, 1.54) is 13.3 Å². The number of nitrogens with one attached hydrogen (secondary N) is 14. The molecule has 5 rings (SSSR count). The molecule has 0 aliphatic heterocycles. The number of amides is 11. The van der Waals surface area contributed by atoms with Crippen LogP contribution in [0.4, 0.5) is 5.69 Å². The van der Waals surface area contributed by atoms with E-state index in [0.29, 0.717) is 58.3 Å². The van der Waals surface area contributed by atoms with Crippen LogP contribution in [-0.2, 0) is 108 Å². The molecule has 0 bridgehead atoms. The Morgan fingerprint density at radius 3 is 1.75 bits per heavy atom. The summed E-state index contributed by atoms with van der Waals surface area (Å²) in [4.78, 5) is 160. The number of aromatic amines is 2. The summed E-state index contributed by atoms with van der Waals surface area (Å²) < 4.78 is 22.4. The number of aromatic nitrogens is 3. The predicted molar refractivity (Wildman–Crippen MR) is 376 cm³/mol. The number of nitrogens with two attached hydrogens (primary N) is 1. The second-order valence-corrected chi connectivity index (χ2v) is 25.8. The zero-order chi connectivity index (χ0) is 75.1. The van der Waals surface area contributed by atoms with Crippen LogP contribution < -0.4 is 58.9 Å². The first-order valence-corrected chi connectivity index (χ1v) is 35.2. The van der Waals surface area contributed by atoms with Crippen LogP contribution in [0.5, 0.6) is 0 Å². The van der Waals surface area contributed by atoms with Gasteiger partial charge < -0.3 is 95.7 Å². The monoisotopic (exact) mass is 1500 g/mol. The molecule has 559 valence electrons. The number of benzene rings is 3. The zero-order valence-corrected chi connectivity index (χ0v) is 60.5. The third kappa shape index (κ3) is 32.1. The maximum absolute atomic E-state index is 14.6. The third-order valence-electron chi connectivity index (χ3n) is 15.7. The van der Waals surface area contributed by atoms with Crippen molar-refractivity contribution in [1.29, 1.82) is 0 Å². The van der Waals surface area contributed by atoms with E-state index in [4.69, 9.17) is 28.9 Å². The number of fused-ring (bicyclic) bond motifs is 1. The molecule has 2 aromatic heterocycles. The van der Waals surface area contributed by atoms with Crippen molar-refractivity contribution in [2.24, 2.45) is 29.4 Å². The van der Waals surface area contributed by atoms with Crippen LogP contribution >= 0.6 is 0 Å². The predicted octanol–water partition coefficient (Wildman–Crippen LogP) is 2.96. The van der Waals surface area contributed by atoms with E-state index in [1.807, 2.05) is 6.07 Å². The minimum atomic E-state index is -1.91. The Morgan fingerprint density at radius 2 is 1.15 bits per heavy atom. The Kier molecular flexibility index (Phi) is 38.5. The summed E-state index contributed by atoms with van der Waals surface area (Å²) in [5.41, 5.74) is 23.8. The number of hydrogen-bond donors (Lipinski definition) is 13. The fraction of sp³-hybridized carbons (Fsp3) is 0.507. The molecule has 16 N–H and O–H groups in total. The molecular weight excluding hydrogens is 1400 g/mol. The number of H-pyrrole nitrogens is 2.